The van der Waals surface area contributed by atoms with Crippen LogP contribution in [-0.4, -0.2) is 42.1 Å². The number of nitrogens with zero attached hydrogens (tertiary/aromatic N) is 3. The Morgan fingerprint density at radius 3 is 2.84 bits per heavy atom. The molecule has 0 radical (unpaired) electrons. The summed E-state index contributed by atoms with van der Waals surface area (Å²) in [6.45, 7) is 8.33. The molecule has 2 heterocycles. The summed E-state index contributed by atoms with van der Waals surface area (Å²) in [5.74, 6) is 0.197. The number of aromatic nitrogens is 1. The number of hydrogen-bond acceptors (Lipinski definition) is 4. The van der Waals surface area contributed by atoms with Gasteiger partial charge in [0.25, 0.3) is 0 Å². The van der Waals surface area contributed by atoms with Gasteiger partial charge in [-0.3, -0.25) is 4.90 Å². The minimum absolute atomic E-state index is 0.217. The second-order valence-electron chi connectivity index (χ2n) is 4.92. The fraction of sp³-hybridized carbons (Fsp3) is 0.643. The Kier molecular flexibility index (Phi) is 4.71. The zero-order valence-electron chi connectivity index (χ0n) is 11.8. The Morgan fingerprint density at radius 2 is 2.21 bits per heavy atom. The van der Waals surface area contributed by atoms with Crippen molar-refractivity contribution in [2.24, 2.45) is 5.73 Å². The molecule has 1 unspecified atom stereocenters. The van der Waals surface area contributed by atoms with E-state index < -0.39 is 0 Å². The molecule has 1 atom stereocenters. The Balaban J connectivity index is 2.13. The molecule has 1 aromatic heterocycles. The predicted octanol–water partition coefficient (Wildman–Crippen LogP) is 1.60. The molecule has 0 amide bonds. The van der Waals surface area contributed by atoms with Crippen molar-refractivity contribution in [3.63, 3.8) is 0 Å². The summed E-state index contributed by atoms with van der Waals surface area (Å²) in [5, 5.41) is 0. The summed E-state index contributed by atoms with van der Waals surface area (Å²) in [5.41, 5.74) is 6.08. The van der Waals surface area contributed by atoms with E-state index in [1.165, 1.54) is 0 Å². The highest BCUT2D eigenvalue weighted by atomic mass is 19.1. The normalized spacial score (nSPS) is 19.4. The highest BCUT2D eigenvalue weighted by Crippen LogP contribution is 2.25. The fourth-order valence-electron chi connectivity index (χ4n) is 2.82. The maximum Gasteiger partial charge on any atom is 0.170 e. The molecule has 0 spiro atoms. The number of hydrogen-bond donors (Lipinski definition) is 1. The van der Waals surface area contributed by atoms with Gasteiger partial charge in [0.15, 0.2) is 11.6 Å². The maximum absolute atomic E-state index is 14.2. The van der Waals surface area contributed by atoms with Gasteiger partial charge >= 0.3 is 0 Å². The molecular formula is C14H23FN4. The van der Waals surface area contributed by atoms with Gasteiger partial charge < -0.3 is 10.6 Å². The van der Waals surface area contributed by atoms with Crippen LogP contribution >= 0.6 is 0 Å². The number of rotatable bonds is 5. The van der Waals surface area contributed by atoms with Crippen LogP contribution in [0.4, 0.5) is 10.2 Å². The Morgan fingerprint density at radius 1 is 1.47 bits per heavy atom. The summed E-state index contributed by atoms with van der Waals surface area (Å²) in [4.78, 5) is 8.65. The average molecular weight is 266 g/mol. The van der Waals surface area contributed by atoms with Crippen LogP contribution in [0.2, 0.25) is 0 Å². The van der Waals surface area contributed by atoms with E-state index in [2.05, 4.69) is 23.7 Å². The smallest absolute Gasteiger partial charge is 0.170 e. The lowest BCUT2D eigenvalue weighted by Crippen LogP contribution is -2.37. The average Bonchev–Trinajstić information content (AvgIpc) is 2.90. The van der Waals surface area contributed by atoms with Gasteiger partial charge in [0.2, 0.25) is 0 Å². The van der Waals surface area contributed by atoms with Gasteiger partial charge in [-0.2, -0.15) is 0 Å². The maximum atomic E-state index is 14.2. The molecular weight excluding hydrogens is 243 g/mol. The number of nitrogens with two attached hydrogens (primary N) is 1. The monoisotopic (exact) mass is 266 g/mol. The highest BCUT2D eigenvalue weighted by molar-refractivity contribution is 5.44. The summed E-state index contributed by atoms with van der Waals surface area (Å²) in [6, 6.07) is 2.15. The van der Waals surface area contributed by atoms with Crippen LogP contribution in [0.5, 0.6) is 0 Å². The van der Waals surface area contributed by atoms with Crippen molar-refractivity contribution in [2.75, 3.05) is 31.1 Å². The van der Waals surface area contributed by atoms with E-state index in [-0.39, 0.29) is 12.4 Å². The second kappa shape index (κ2) is 6.30. The van der Waals surface area contributed by atoms with Crippen molar-refractivity contribution in [3.05, 3.63) is 23.6 Å². The van der Waals surface area contributed by atoms with E-state index in [4.69, 9.17) is 5.73 Å². The first-order valence-electron chi connectivity index (χ1n) is 7.03. The van der Waals surface area contributed by atoms with Crippen LogP contribution in [0, 0.1) is 5.82 Å². The van der Waals surface area contributed by atoms with Crippen LogP contribution in [-0.2, 0) is 6.54 Å². The van der Waals surface area contributed by atoms with Gasteiger partial charge in [-0.25, -0.2) is 9.37 Å². The highest BCUT2D eigenvalue weighted by Gasteiger charge is 2.28. The first-order chi connectivity index (χ1) is 9.21. The van der Waals surface area contributed by atoms with Gasteiger partial charge in [0.05, 0.1) is 0 Å². The first-order valence-corrected chi connectivity index (χ1v) is 7.03. The van der Waals surface area contributed by atoms with Crippen molar-refractivity contribution in [1.29, 1.82) is 0 Å². The Bertz CT molecular complexity index is 420. The molecule has 2 rings (SSSR count). The predicted molar refractivity (Wildman–Crippen MR) is 75.6 cm³/mol. The van der Waals surface area contributed by atoms with Gasteiger partial charge in [0, 0.05) is 37.4 Å². The number of anilines is 1. The van der Waals surface area contributed by atoms with Gasteiger partial charge in [-0.15, -0.1) is 0 Å². The molecule has 19 heavy (non-hydrogen) atoms. The van der Waals surface area contributed by atoms with Crippen LogP contribution < -0.4 is 10.6 Å². The van der Waals surface area contributed by atoms with E-state index in [1.807, 2.05) is 4.90 Å². The molecule has 0 bridgehead atoms. The third-order valence-corrected chi connectivity index (χ3v) is 3.96. The zero-order valence-corrected chi connectivity index (χ0v) is 11.8. The molecule has 0 aliphatic carbocycles. The van der Waals surface area contributed by atoms with Crippen LogP contribution in [0.15, 0.2) is 12.3 Å². The molecule has 1 aromatic rings. The molecule has 1 aliphatic heterocycles. The van der Waals surface area contributed by atoms with Gasteiger partial charge in [-0.05, 0) is 25.6 Å². The third-order valence-electron chi connectivity index (χ3n) is 3.96. The van der Waals surface area contributed by atoms with E-state index >= 15 is 0 Å². The molecule has 4 nitrogen and oxygen atoms in total. The van der Waals surface area contributed by atoms with Gasteiger partial charge in [0.1, 0.15) is 0 Å². The van der Waals surface area contributed by atoms with Crippen molar-refractivity contribution in [1.82, 2.24) is 9.88 Å². The fourth-order valence-corrected chi connectivity index (χ4v) is 2.82. The van der Waals surface area contributed by atoms with Crippen molar-refractivity contribution in [2.45, 2.75) is 32.9 Å². The molecule has 1 saturated heterocycles. The summed E-state index contributed by atoms with van der Waals surface area (Å²) >= 11 is 0. The SMILES string of the molecule is CCN(CC)C1CCN(c2nccc(CN)c2F)C1. The topological polar surface area (TPSA) is 45.4 Å². The largest absolute Gasteiger partial charge is 0.353 e. The molecule has 0 saturated carbocycles. The first kappa shape index (κ1) is 14.2. The molecule has 0 aromatic carbocycles. The molecule has 106 valence electrons. The zero-order chi connectivity index (χ0) is 13.8. The van der Waals surface area contributed by atoms with E-state index in [9.17, 15) is 4.39 Å². The van der Waals surface area contributed by atoms with E-state index in [0.29, 0.717) is 17.4 Å². The lowest BCUT2D eigenvalue weighted by atomic mass is 10.2. The van der Waals surface area contributed by atoms with Crippen LogP contribution in [0.3, 0.4) is 0 Å². The van der Waals surface area contributed by atoms with Gasteiger partial charge in [-0.1, -0.05) is 13.8 Å². The number of halogens is 1. The molecule has 5 heteroatoms. The number of likely N-dealkylation sites (N-methyl/N-ethyl adjacent to an activating group) is 1. The van der Waals surface area contributed by atoms with Crippen molar-refractivity contribution >= 4 is 5.82 Å². The minimum atomic E-state index is -0.259. The second-order valence-corrected chi connectivity index (χ2v) is 4.92. The number of pyridine rings is 1. The quantitative estimate of drug-likeness (QED) is 0.879. The standard InChI is InChI=1S/C14H23FN4/c1-3-18(4-2)12-6-8-19(10-12)14-13(15)11(9-16)5-7-17-14/h5,7,12H,3-4,6,8-10,16H2,1-2H3. The Hall–Kier alpha value is -1.20. The molecule has 2 N–H and O–H groups in total. The van der Waals surface area contributed by atoms with Crippen LogP contribution in [0.25, 0.3) is 0 Å². The summed E-state index contributed by atoms with van der Waals surface area (Å²) in [7, 11) is 0. The molecule has 1 aliphatic rings. The lowest BCUT2D eigenvalue weighted by Gasteiger charge is -2.26. The lowest BCUT2D eigenvalue weighted by molar-refractivity contribution is 0.232. The Labute approximate surface area is 114 Å². The van der Waals surface area contributed by atoms with E-state index in [1.54, 1.807) is 12.3 Å². The summed E-state index contributed by atoms with van der Waals surface area (Å²) in [6.07, 6.45) is 2.71. The van der Waals surface area contributed by atoms with Crippen LogP contribution in [0.1, 0.15) is 25.8 Å². The van der Waals surface area contributed by atoms with E-state index in [0.717, 1.165) is 32.6 Å². The summed E-state index contributed by atoms with van der Waals surface area (Å²) < 4.78 is 14.2. The molecule has 1 fully saturated rings. The third kappa shape index (κ3) is 2.87. The van der Waals surface area contributed by atoms with Crippen molar-refractivity contribution < 1.29 is 4.39 Å². The van der Waals surface area contributed by atoms with Crippen molar-refractivity contribution in [3.8, 4) is 0 Å². The minimum Gasteiger partial charge on any atom is -0.353 e.